The topological polar surface area (TPSA) is 47.3 Å². The number of phenols is 1. The molecule has 4 nitrogen and oxygen atoms in total. The van der Waals surface area contributed by atoms with E-state index in [1.54, 1.807) is 18.6 Å². The lowest BCUT2D eigenvalue weighted by Crippen LogP contribution is -2.07. The van der Waals surface area contributed by atoms with E-state index in [2.05, 4.69) is 23.4 Å². The van der Waals surface area contributed by atoms with Crippen molar-refractivity contribution in [1.82, 2.24) is 9.55 Å². The lowest BCUT2D eigenvalue weighted by molar-refractivity contribution is 0.278. The van der Waals surface area contributed by atoms with Gasteiger partial charge in [0.15, 0.2) is 11.5 Å². The van der Waals surface area contributed by atoms with Crippen molar-refractivity contribution in [3.8, 4) is 11.5 Å². The van der Waals surface area contributed by atoms with Gasteiger partial charge in [-0.1, -0.05) is 24.3 Å². The molecule has 1 heterocycles. The number of aromatic hydroxyl groups is 1. The summed E-state index contributed by atoms with van der Waals surface area (Å²) >= 11 is 0. The number of rotatable bonds is 4. The van der Waals surface area contributed by atoms with E-state index in [9.17, 15) is 5.11 Å². The first-order valence-electron chi connectivity index (χ1n) is 7.00. The normalized spacial score (nSPS) is 11.2. The van der Waals surface area contributed by atoms with Gasteiger partial charge in [0.25, 0.3) is 0 Å². The first-order chi connectivity index (χ1) is 10.1. The number of benzene rings is 2. The SMILES string of the molecule is CC(C)n1cncc1COc1cc2ccccc2cc1O. The summed E-state index contributed by atoms with van der Waals surface area (Å²) < 4.78 is 7.82. The number of hydrogen-bond acceptors (Lipinski definition) is 3. The molecule has 0 atom stereocenters. The van der Waals surface area contributed by atoms with Crippen LogP contribution in [0, 0.1) is 0 Å². The quantitative estimate of drug-likeness (QED) is 0.789. The molecule has 0 bridgehead atoms. The largest absolute Gasteiger partial charge is 0.504 e. The van der Waals surface area contributed by atoms with Crippen LogP contribution in [-0.2, 0) is 6.61 Å². The molecule has 2 aromatic carbocycles. The standard InChI is InChI=1S/C17H18N2O2/c1-12(2)19-11-18-9-15(19)10-21-17-8-14-6-4-3-5-13(14)7-16(17)20/h3-9,11-12,20H,10H2,1-2H3. The molecule has 3 aromatic rings. The molecule has 0 radical (unpaired) electrons. The summed E-state index contributed by atoms with van der Waals surface area (Å²) in [5.41, 5.74) is 0.984. The smallest absolute Gasteiger partial charge is 0.162 e. The predicted octanol–water partition coefficient (Wildman–Crippen LogP) is 3.90. The predicted molar refractivity (Wildman–Crippen MR) is 82.6 cm³/mol. The van der Waals surface area contributed by atoms with Gasteiger partial charge in [-0.2, -0.15) is 0 Å². The third-order valence-corrected chi connectivity index (χ3v) is 3.51. The Kier molecular flexibility index (Phi) is 3.52. The molecule has 0 fully saturated rings. The molecular weight excluding hydrogens is 264 g/mol. The maximum Gasteiger partial charge on any atom is 0.162 e. The fourth-order valence-electron chi connectivity index (χ4n) is 2.38. The van der Waals surface area contributed by atoms with E-state index in [0.29, 0.717) is 18.4 Å². The van der Waals surface area contributed by atoms with Crippen LogP contribution in [0.2, 0.25) is 0 Å². The Morgan fingerprint density at radius 3 is 2.62 bits per heavy atom. The van der Waals surface area contributed by atoms with Crippen molar-refractivity contribution in [3.05, 3.63) is 54.6 Å². The van der Waals surface area contributed by atoms with Gasteiger partial charge in [0.2, 0.25) is 0 Å². The molecule has 21 heavy (non-hydrogen) atoms. The highest BCUT2D eigenvalue weighted by Crippen LogP contribution is 2.31. The first kappa shape index (κ1) is 13.5. The average molecular weight is 282 g/mol. The van der Waals surface area contributed by atoms with Gasteiger partial charge in [-0.3, -0.25) is 0 Å². The minimum atomic E-state index is 0.157. The van der Waals surface area contributed by atoms with E-state index in [-0.39, 0.29) is 5.75 Å². The van der Waals surface area contributed by atoms with Crippen LogP contribution in [0.15, 0.2) is 48.9 Å². The zero-order chi connectivity index (χ0) is 14.8. The minimum Gasteiger partial charge on any atom is -0.504 e. The number of imidazole rings is 1. The highest BCUT2D eigenvalue weighted by atomic mass is 16.5. The Hall–Kier alpha value is -2.49. The zero-order valence-electron chi connectivity index (χ0n) is 12.2. The van der Waals surface area contributed by atoms with Gasteiger partial charge in [0.05, 0.1) is 18.2 Å². The molecule has 0 aliphatic rings. The van der Waals surface area contributed by atoms with Crippen molar-refractivity contribution in [2.75, 3.05) is 0 Å². The molecule has 0 spiro atoms. The maximum atomic E-state index is 10.1. The second kappa shape index (κ2) is 5.48. The van der Waals surface area contributed by atoms with E-state index < -0.39 is 0 Å². The van der Waals surface area contributed by atoms with Gasteiger partial charge in [0.1, 0.15) is 6.61 Å². The molecule has 1 N–H and O–H groups in total. The average Bonchev–Trinajstić information content (AvgIpc) is 2.93. The second-order valence-corrected chi connectivity index (χ2v) is 5.34. The van der Waals surface area contributed by atoms with Gasteiger partial charge in [-0.15, -0.1) is 0 Å². The van der Waals surface area contributed by atoms with Crippen molar-refractivity contribution in [1.29, 1.82) is 0 Å². The fraction of sp³-hybridized carbons (Fsp3) is 0.235. The summed E-state index contributed by atoms with van der Waals surface area (Å²) in [6.07, 6.45) is 3.59. The zero-order valence-corrected chi connectivity index (χ0v) is 12.2. The van der Waals surface area contributed by atoms with Crippen molar-refractivity contribution < 1.29 is 9.84 Å². The summed E-state index contributed by atoms with van der Waals surface area (Å²) in [7, 11) is 0. The summed E-state index contributed by atoms with van der Waals surface area (Å²) in [5.74, 6) is 0.648. The molecule has 0 aliphatic heterocycles. The van der Waals surface area contributed by atoms with E-state index in [1.807, 2.05) is 30.3 Å². The lowest BCUT2D eigenvalue weighted by atomic mass is 10.1. The summed E-state index contributed by atoms with van der Waals surface area (Å²) in [6, 6.07) is 11.8. The molecule has 0 unspecified atom stereocenters. The minimum absolute atomic E-state index is 0.157. The van der Waals surface area contributed by atoms with Crippen LogP contribution in [0.3, 0.4) is 0 Å². The molecule has 1 aromatic heterocycles. The molecular formula is C17H18N2O2. The molecule has 0 amide bonds. The number of hydrogen-bond donors (Lipinski definition) is 1. The number of phenolic OH excluding ortho intramolecular Hbond substituents is 1. The Labute approximate surface area is 123 Å². The highest BCUT2D eigenvalue weighted by Gasteiger charge is 2.09. The van der Waals surface area contributed by atoms with Crippen molar-refractivity contribution in [2.45, 2.75) is 26.5 Å². The molecule has 0 saturated carbocycles. The molecule has 0 aliphatic carbocycles. The van der Waals surface area contributed by atoms with Crippen LogP contribution in [0.1, 0.15) is 25.6 Å². The van der Waals surface area contributed by atoms with Crippen LogP contribution in [-0.4, -0.2) is 14.7 Å². The Morgan fingerprint density at radius 2 is 1.90 bits per heavy atom. The third kappa shape index (κ3) is 2.70. The van der Waals surface area contributed by atoms with E-state index in [1.165, 1.54) is 0 Å². The fourth-order valence-corrected chi connectivity index (χ4v) is 2.38. The molecule has 108 valence electrons. The van der Waals surface area contributed by atoms with Gasteiger partial charge in [0, 0.05) is 6.04 Å². The maximum absolute atomic E-state index is 10.1. The summed E-state index contributed by atoms with van der Waals surface area (Å²) in [5, 5.41) is 12.1. The Balaban J connectivity index is 1.85. The van der Waals surface area contributed by atoms with Crippen LogP contribution in [0.5, 0.6) is 11.5 Å². The highest BCUT2D eigenvalue weighted by molar-refractivity contribution is 5.85. The number of aromatic nitrogens is 2. The third-order valence-electron chi connectivity index (χ3n) is 3.51. The Morgan fingerprint density at radius 1 is 1.19 bits per heavy atom. The van der Waals surface area contributed by atoms with Crippen LogP contribution in [0.4, 0.5) is 0 Å². The van der Waals surface area contributed by atoms with Crippen molar-refractivity contribution in [3.63, 3.8) is 0 Å². The first-order valence-corrected chi connectivity index (χ1v) is 7.00. The molecule has 4 heteroatoms. The second-order valence-electron chi connectivity index (χ2n) is 5.34. The Bertz CT molecular complexity index is 762. The van der Waals surface area contributed by atoms with Gasteiger partial charge < -0.3 is 14.4 Å². The summed E-state index contributed by atoms with van der Waals surface area (Å²) in [4.78, 5) is 4.15. The summed E-state index contributed by atoms with van der Waals surface area (Å²) in [6.45, 7) is 4.57. The number of fused-ring (bicyclic) bond motifs is 1. The molecule has 0 saturated heterocycles. The van der Waals surface area contributed by atoms with E-state index in [4.69, 9.17) is 4.74 Å². The van der Waals surface area contributed by atoms with Gasteiger partial charge in [-0.25, -0.2) is 4.98 Å². The van der Waals surface area contributed by atoms with Crippen LogP contribution >= 0.6 is 0 Å². The monoisotopic (exact) mass is 282 g/mol. The molecule has 3 rings (SSSR count). The number of ether oxygens (including phenoxy) is 1. The van der Waals surface area contributed by atoms with Crippen LogP contribution in [0.25, 0.3) is 10.8 Å². The van der Waals surface area contributed by atoms with Crippen molar-refractivity contribution in [2.24, 2.45) is 0 Å². The number of nitrogens with zero attached hydrogens (tertiary/aromatic N) is 2. The van der Waals surface area contributed by atoms with Crippen LogP contribution < -0.4 is 4.74 Å². The van der Waals surface area contributed by atoms with E-state index in [0.717, 1.165) is 16.5 Å². The van der Waals surface area contributed by atoms with Crippen molar-refractivity contribution >= 4 is 10.8 Å². The lowest BCUT2D eigenvalue weighted by Gasteiger charge is -2.13. The van der Waals surface area contributed by atoms with Gasteiger partial charge in [-0.05, 0) is 36.8 Å². The van der Waals surface area contributed by atoms with E-state index >= 15 is 0 Å². The van der Waals surface area contributed by atoms with Gasteiger partial charge >= 0.3 is 0 Å².